The highest BCUT2D eigenvalue weighted by atomic mass is 16.6. The monoisotopic (exact) mass is 393 g/mol. The summed E-state index contributed by atoms with van der Waals surface area (Å²) < 4.78 is 5.28. The van der Waals surface area contributed by atoms with Crippen LogP contribution in [-0.2, 0) is 6.42 Å². The molecule has 29 heavy (non-hydrogen) atoms. The van der Waals surface area contributed by atoms with Gasteiger partial charge in [-0.25, -0.2) is 0 Å². The third-order valence-corrected chi connectivity index (χ3v) is 5.10. The van der Waals surface area contributed by atoms with Crippen molar-refractivity contribution >= 4 is 17.1 Å². The van der Waals surface area contributed by atoms with E-state index in [4.69, 9.17) is 4.52 Å². The molecule has 0 atom stereocenters. The molecule has 1 saturated heterocycles. The molecule has 8 heteroatoms. The quantitative estimate of drug-likeness (QED) is 0.463. The number of rotatable bonds is 6. The average molecular weight is 393 g/mol. The second-order valence-corrected chi connectivity index (χ2v) is 7.04. The van der Waals surface area contributed by atoms with Gasteiger partial charge < -0.3 is 14.3 Å². The van der Waals surface area contributed by atoms with Crippen molar-refractivity contribution in [3.05, 3.63) is 64.5 Å². The molecule has 4 rings (SSSR count). The molecule has 8 nitrogen and oxygen atoms in total. The lowest BCUT2D eigenvalue weighted by Crippen LogP contribution is -2.46. The first kappa shape index (κ1) is 18.9. The maximum atomic E-state index is 11.7. The zero-order valence-electron chi connectivity index (χ0n) is 16.3. The van der Waals surface area contributed by atoms with Crippen LogP contribution in [0.15, 0.2) is 53.1 Å². The largest absolute Gasteiger partial charge is 0.368 e. The first-order chi connectivity index (χ1) is 14.2. The van der Waals surface area contributed by atoms with Crippen LogP contribution in [0, 0.1) is 10.1 Å². The van der Waals surface area contributed by atoms with Crippen LogP contribution in [0.3, 0.4) is 0 Å². The Labute approximate surface area is 168 Å². The molecule has 1 aliphatic heterocycles. The molecule has 2 heterocycles. The molecule has 0 bridgehead atoms. The normalized spacial score (nSPS) is 14.2. The molecule has 0 saturated carbocycles. The van der Waals surface area contributed by atoms with E-state index in [0.29, 0.717) is 23.0 Å². The fraction of sp³-hybridized carbons (Fsp3) is 0.333. The smallest absolute Gasteiger partial charge is 0.293 e. The number of nitro groups is 1. The van der Waals surface area contributed by atoms with Crippen molar-refractivity contribution < 1.29 is 9.45 Å². The first-order valence-corrected chi connectivity index (χ1v) is 9.82. The Kier molecular flexibility index (Phi) is 5.41. The maximum Gasteiger partial charge on any atom is 0.293 e. The molecule has 1 fully saturated rings. The van der Waals surface area contributed by atoms with Crippen LogP contribution < -0.4 is 9.80 Å². The van der Waals surface area contributed by atoms with E-state index in [1.165, 1.54) is 11.8 Å². The van der Waals surface area contributed by atoms with E-state index in [0.717, 1.165) is 39.0 Å². The highest BCUT2D eigenvalue weighted by Crippen LogP contribution is 2.33. The van der Waals surface area contributed by atoms with Crippen LogP contribution in [0.4, 0.5) is 17.1 Å². The van der Waals surface area contributed by atoms with Gasteiger partial charge in [0, 0.05) is 49.9 Å². The third-order valence-electron chi connectivity index (χ3n) is 5.10. The number of nitrogens with zero attached hydrogens (tertiary/aromatic N) is 5. The Morgan fingerprint density at radius 1 is 1.07 bits per heavy atom. The second kappa shape index (κ2) is 8.30. The molecule has 150 valence electrons. The van der Waals surface area contributed by atoms with Gasteiger partial charge in [0.05, 0.1) is 4.92 Å². The summed E-state index contributed by atoms with van der Waals surface area (Å²) in [5.41, 5.74) is 2.43. The lowest BCUT2D eigenvalue weighted by Gasteiger charge is -2.37. The Hall–Kier alpha value is -3.42. The van der Waals surface area contributed by atoms with Crippen molar-refractivity contribution in [2.45, 2.75) is 19.8 Å². The molecule has 0 N–H and O–H groups in total. The van der Waals surface area contributed by atoms with Gasteiger partial charge in [0.2, 0.25) is 0 Å². The molecule has 0 aliphatic carbocycles. The summed E-state index contributed by atoms with van der Waals surface area (Å²) in [6.45, 7) is 5.10. The minimum atomic E-state index is -0.342. The van der Waals surface area contributed by atoms with Crippen molar-refractivity contribution in [3.63, 3.8) is 0 Å². The van der Waals surface area contributed by atoms with E-state index in [1.54, 1.807) is 6.07 Å². The fourth-order valence-corrected chi connectivity index (χ4v) is 3.61. The molecule has 0 radical (unpaired) electrons. The average Bonchev–Trinajstić information content (AvgIpc) is 3.23. The molecular weight excluding hydrogens is 370 g/mol. The molecule has 2 aromatic carbocycles. The number of hydrogen-bond acceptors (Lipinski definition) is 7. The lowest BCUT2D eigenvalue weighted by atomic mass is 10.1. The topological polar surface area (TPSA) is 88.5 Å². The number of anilines is 2. The predicted molar refractivity (Wildman–Crippen MR) is 111 cm³/mol. The Morgan fingerprint density at radius 2 is 1.79 bits per heavy atom. The van der Waals surface area contributed by atoms with Gasteiger partial charge in [0.15, 0.2) is 5.82 Å². The number of para-hydroxylation sites is 1. The predicted octanol–water partition coefficient (Wildman–Crippen LogP) is 3.92. The molecular formula is C21H23N5O3. The first-order valence-electron chi connectivity index (χ1n) is 9.82. The highest BCUT2D eigenvalue weighted by molar-refractivity contribution is 5.71. The van der Waals surface area contributed by atoms with Gasteiger partial charge in [0.1, 0.15) is 5.69 Å². The van der Waals surface area contributed by atoms with Crippen LogP contribution >= 0.6 is 0 Å². The van der Waals surface area contributed by atoms with Crippen molar-refractivity contribution in [1.82, 2.24) is 10.1 Å². The van der Waals surface area contributed by atoms with Gasteiger partial charge >= 0.3 is 0 Å². The zero-order valence-corrected chi connectivity index (χ0v) is 16.3. The fourth-order valence-electron chi connectivity index (χ4n) is 3.61. The summed E-state index contributed by atoms with van der Waals surface area (Å²) in [5.74, 6) is 0.934. The van der Waals surface area contributed by atoms with E-state index >= 15 is 0 Å². The number of aromatic nitrogens is 2. The van der Waals surface area contributed by atoms with Gasteiger partial charge in [-0.2, -0.15) is 4.98 Å². The Morgan fingerprint density at radius 3 is 2.48 bits per heavy atom. The zero-order chi connectivity index (χ0) is 20.2. The Balaban J connectivity index is 1.54. The van der Waals surface area contributed by atoms with Crippen LogP contribution in [0.5, 0.6) is 0 Å². The third kappa shape index (κ3) is 4.06. The number of piperazine rings is 1. The minimum Gasteiger partial charge on any atom is -0.368 e. The molecule has 1 aliphatic rings. The van der Waals surface area contributed by atoms with E-state index in [9.17, 15) is 10.1 Å². The number of aryl methyl sites for hydroxylation is 1. The number of hydrogen-bond donors (Lipinski definition) is 0. The maximum absolute atomic E-state index is 11.7. The van der Waals surface area contributed by atoms with E-state index < -0.39 is 0 Å². The molecule has 0 spiro atoms. The lowest BCUT2D eigenvalue weighted by molar-refractivity contribution is -0.384. The van der Waals surface area contributed by atoms with Gasteiger partial charge in [-0.3, -0.25) is 10.1 Å². The van der Waals surface area contributed by atoms with E-state index in [-0.39, 0.29) is 10.6 Å². The highest BCUT2D eigenvalue weighted by Gasteiger charge is 2.25. The van der Waals surface area contributed by atoms with Crippen LogP contribution in [0.25, 0.3) is 11.5 Å². The Bertz CT molecular complexity index is 981. The van der Waals surface area contributed by atoms with Crippen molar-refractivity contribution in [3.8, 4) is 11.5 Å². The summed E-state index contributed by atoms with van der Waals surface area (Å²) in [6, 6.07) is 15.4. The van der Waals surface area contributed by atoms with Crippen molar-refractivity contribution in [2.75, 3.05) is 36.0 Å². The summed E-state index contributed by atoms with van der Waals surface area (Å²) >= 11 is 0. The SMILES string of the molecule is CCCc1noc(-c2ccc(N3CCN(c4ccccc4)CC3)c([N+](=O)[O-])c2)n1. The minimum absolute atomic E-state index is 0.0610. The second-order valence-electron chi connectivity index (χ2n) is 7.04. The van der Waals surface area contributed by atoms with E-state index in [2.05, 4.69) is 32.1 Å². The standard InChI is InChI=1S/C21H23N5O3/c1-2-6-20-22-21(29-23-20)16-9-10-18(19(15-16)26(27)28)25-13-11-24(12-14-25)17-7-4-3-5-8-17/h3-5,7-10,15H,2,6,11-14H2,1H3. The molecule has 0 amide bonds. The van der Waals surface area contributed by atoms with Crippen molar-refractivity contribution in [2.24, 2.45) is 0 Å². The summed E-state index contributed by atoms with van der Waals surface area (Å²) in [5, 5.41) is 15.7. The van der Waals surface area contributed by atoms with Gasteiger partial charge in [-0.15, -0.1) is 0 Å². The van der Waals surface area contributed by atoms with Gasteiger partial charge in [0.25, 0.3) is 11.6 Å². The summed E-state index contributed by atoms with van der Waals surface area (Å²) in [6.07, 6.45) is 1.63. The number of benzene rings is 2. The molecule has 0 unspecified atom stereocenters. The molecule has 3 aromatic rings. The molecule has 1 aromatic heterocycles. The van der Waals surface area contributed by atoms with Gasteiger partial charge in [-0.05, 0) is 30.7 Å². The van der Waals surface area contributed by atoms with Crippen LogP contribution in [-0.4, -0.2) is 41.2 Å². The summed E-state index contributed by atoms with van der Waals surface area (Å²) in [7, 11) is 0. The van der Waals surface area contributed by atoms with Crippen LogP contribution in [0.1, 0.15) is 19.2 Å². The summed E-state index contributed by atoms with van der Waals surface area (Å²) in [4.78, 5) is 20.1. The number of nitro benzene ring substituents is 1. The van der Waals surface area contributed by atoms with Crippen LogP contribution in [0.2, 0.25) is 0 Å². The van der Waals surface area contributed by atoms with Gasteiger partial charge in [-0.1, -0.05) is 30.3 Å². The van der Waals surface area contributed by atoms with E-state index in [1.807, 2.05) is 31.2 Å². The van der Waals surface area contributed by atoms with Crippen molar-refractivity contribution in [1.29, 1.82) is 0 Å².